The van der Waals surface area contributed by atoms with E-state index in [1.165, 1.54) is 77.0 Å². The fourth-order valence-electron chi connectivity index (χ4n) is 7.60. The highest BCUT2D eigenvalue weighted by molar-refractivity contribution is 5.71. The Morgan fingerprint density at radius 1 is 0.296 bits per heavy atom. The van der Waals surface area contributed by atoms with Crippen LogP contribution >= 0.6 is 0 Å². The van der Waals surface area contributed by atoms with Gasteiger partial charge in [0, 0.05) is 19.3 Å². The van der Waals surface area contributed by atoms with Gasteiger partial charge in [0.2, 0.25) is 0 Å². The highest BCUT2D eigenvalue weighted by Gasteiger charge is 2.19. The summed E-state index contributed by atoms with van der Waals surface area (Å²) in [7, 11) is 0. The van der Waals surface area contributed by atoms with Crippen LogP contribution in [0.5, 0.6) is 0 Å². The third-order valence-corrected chi connectivity index (χ3v) is 12.0. The van der Waals surface area contributed by atoms with E-state index >= 15 is 0 Å². The number of hydrogen-bond acceptors (Lipinski definition) is 6. The van der Waals surface area contributed by atoms with E-state index in [4.69, 9.17) is 14.2 Å². The molecule has 0 saturated heterocycles. The van der Waals surface area contributed by atoms with E-state index < -0.39 is 6.10 Å². The van der Waals surface area contributed by atoms with Crippen molar-refractivity contribution in [3.8, 4) is 0 Å². The molecule has 6 nitrogen and oxygen atoms in total. The van der Waals surface area contributed by atoms with Gasteiger partial charge in [0.15, 0.2) is 6.10 Å². The van der Waals surface area contributed by atoms with Crippen molar-refractivity contribution < 1.29 is 28.6 Å². The van der Waals surface area contributed by atoms with E-state index in [1.54, 1.807) is 0 Å². The Hall–Kier alpha value is -4.19. The summed E-state index contributed by atoms with van der Waals surface area (Å²) in [6.07, 6.45) is 80.5. The lowest BCUT2D eigenvalue weighted by Crippen LogP contribution is -2.30. The second-order valence-corrected chi connectivity index (χ2v) is 18.8. The molecule has 0 saturated carbocycles. The fourth-order valence-corrected chi connectivity index (χ4v) is 7.60. The summed E-state index contributed by atoms with van der Waals surface area (Å²) >= 11 is 0. The Morgan fingerprint density at radius 2 is 0.549 bits per heavy atom. The molecule has 0 rings (SSSR count). The monoisotopic (exact) mass is 983 g/mol. The largest absolute Gasteiger partial charge is 0.462 e. The molecule has 0 heterocycles. The van der Waals surface area contributed by atoms with E-state index in [2.05, 4.69) is 142 Å². The van der Waals surface area contributed by atoms with E-state index in [0.717, 1.165) is 128 Å². The Balaban J connectivity index is 4.41. The van der Waals surface area contributed by atoms with Gasteiger partial charge in [0.05, 0.1) is 0 Å². The molecule has 0 spiro atoms. The Kier molecular flexibility index (Phi) is 54.9. The first-order valence-electron chi connectivity index (χ1n) is 29.0. The third kappa shape index (κ3) is 56.6. The minimum absolute atomic E-state index is 0.0985. The molecular weight excluding hydrogens is 877 g/mol. The van der Waals surface area contributed by atoms with Gasteiger partial charge in [0.1, 0.15) is 13.2 Å². The van der Waals surface area contributed by atoms with Crippen LogP contribution in [-0.2, 0) is 28.6 Å². The Bertz CT molecular complexity index is 1500. The van der Waals surface area contributed by atoms with Gasteiger partial charge in [-0.3, -0.25) is 14.4 Å². The van der Waals surface area contributed by atoms with E-state index in [1.807, 2.05) is 0 Å². The molecule has 0 aliphatic heterocycles. The maximum absolute atomic E-state index is 12.8. The molecule has 0 aromatic carbocycles. The average molecular weight is 984 g/mol. The van der Waals surface area contributed by atoms with Crippen LogP contribution in [0, 0.1) is 0 Å². The fraction of sp³-hybridized carbons (Fsp3) is 0.646. The van der Waals surface area contributed by atoms with Crippen LogP contribution in [0.15, 0.2) is 122 Å². The number of allylic oxidation sites excluding steroid dienone is 20. The summed E-state index contributed by atoms with van der Waals surface area (Å²) in [5.41, 5.74) is 0. The van der Waals surface area contributed by atoms with Crippen molar-refractivity contribution in [2.45, 2.75) is 258 Å². The number of rotatable bonds is 51. The molecule has 0 N–H and O–H groups in total. The van der Waals surface area contributed by atoms with Crippen LogP contribution < -0.4 is 0 Å². The van der Waals surface area contributed by atoms with Gasteiger partial charge in [0.25, 0.3) is 0 Å². The van der Waals surface area contributed by atoms with Crippen molar-refractivity contribution in [1.82, 2.24) is 0 Å². The summed E-state index contributed by atoms with van der Waals surface area (Å²) in [5.74, 6) is -0.961. The Morgan fingerprint density at radius 3 is 0.915 bits per heavy atom. The van der Waals surface area contributed by atoms with Crippen LogP contribution in [0.3, 0.4) is 0 Å². The lowest BCUT2D eigenvalue weighted by molar-refractivity contribution is -0.167. The van der Waals surface area contributed by atoms with Gasteiger partial charge >= 0.3 is 17.9 Å². The van der Waals surface area contributed by atoms with Crippen LogP contribution in [-0.4, -0.2) is 37.2 Å². The minimum atomic E-state index is -0.805. The van der Waals surface area contributed by atoms with Gasteiger partial charge < -0.3 is 14.2 Å². The van der Waals surface area contributed by atoms with Crippen LogP contribution in [0.4, 0.5) is 0 Å². The van der Waals surface area contributed by atoms with Crippen molar-refractivity contribution in [3.05, 3.63) is 122 Å². The predicted octanol–water partition coefficient (Wildman–Crippen LogP) is 19.6. The molecule has 0 radical (unpaired) electrons. The van der Waals surface area contributed by atoms with Crippen molar-refractivity contribution in [1.29, 1.82) is 0 Å². The molecular formula is C65H106O6. The maximum atomic E-state index is 12.8. The van der Waals surface area contributed by atoms with Gasteiger partial charge in [-0.15, -0.1) is 0 Å². The molecule has 71 heavy (non-hydrogen) atoms. The van der Waals surface area contributed by atoms with E-state index in [9.17, 15) is 14.4 Å². The molecule has 1 unspecified atom stereocenters. The zero-order valence-corrected chi connectivity index (χ0v) is 45.9. The summed E-state index contributed by atoms with van der Waals surface area (Å²) in [6.45, 7) is 6.44. The van der Waals surface area contributed by atoms with Gasteiger partial charge in [-0.25, -0.2) is 0 Å². The van der Waals surface area contributed by atoms with Crippen LogP contribution in [0.25, 0.3) is 0 Å². The van der Waals surface area contributed by atoms with Crippen molar-refractivity contribution >= 4 is 17.9 Å². The number of esters is 3. The molecule has 0 aliphatic rings. The second kappa shape index (κ2) is 58.4. The summed E-state index contributed by atoms with van der Waals surface area (Å²) < 4.78 is 16.8. The van der Waals surface area contributed by atoms with E-state index in [0.29, 0.717) is 25.7 Å². The second-order valence-electron chi connectivity index (χ2n) is 18.8. The highest BCUT2D eigenvalue weighted by atomic mass is 16.6. The zero-order valence-electron chi connectivity index (χ0n) is 45.9. The number of carbonyl (C=O) groups excluding carboxylic acids is 3. The van der Waals surface area contributed by atoms with Gasteiger partial charge in [-0.05, 0) is 116 Å². The summed E-state index contributed by atoms with van der Waals surface area (Å²) in [5, 5.41) is 0. The molecule has 1 atom stereocenters. The summed E-state index contributed by atoms with van der Waals surface area (Å²) in [4.78, 5) is 38.1. The number of hydrogen-bond donors (Lipinski definition) is 0. The van der Waals surface area contributed by atoms with Crippen molar-refractivity contribution in [2.75, 3.05) is 13.2 Å². The number of unbranched alkanes of at least 4 members (excludes halogenated alkanes) is 20. The molecule has 0 fully saturated rings. The standard InChI is InChI=1S/C65H106O6/c1-4-7-10-13-16-19-22-24-26-27-28-29-30-31-32-33-34-35-36-37-39-40-43-46-49-52-55-58-64(67)70-61-62(60-69-63(66)57-54-51-48-45-42-21-18-15-12-9-6-3)71-65(68)59-56-53-50-47-44-41-38-25-23-20-17-14-11-8-5-2/h7,10,16-17,19-20,24-26,28-29,31-32,34-35,37-39,43,46,62H,4-6,8-9,11-15,18,21-23,27,30,33,36,40-42,44-45,47-61H2,1-3H3/b10-7-,19-16-,20-17-,26-24-,29-28-,32-31-,35-34-,38-25-,39-37-,46-43-. The highest BCUT2D eigenvalue weighted by Crippen LogP contribution is 2.14. The SMILES string of the molecule is CC/C=C\C/C=C\C/C=C\C/C=C\C/C=C\C/C=C\C/C=C\C/C=C\CCCCC(=O)OCC(COC(=O)CCCCCCCCCCCCC)OC(=O)CCCCCCC/C=C\C/C=C\CCCCC. The molecule has 0 aromatic heterocycles. The molecule has 0 aromatic rings. The van der Waals surface area contributed by atoms with Crippen molar-refractivity contribution in [2.24, 2.45) is 0 Å². The van der Waals surface area contributed by atoms with Gasteiger partial charge in [-0.1, -0.05) is 239 Å². The molecule has 6 heteroatoms. The third-order valence-electron chi connectivity index (χ3n) is 12.0. The molecule has 0 bridgehead atoms. The lowest BCUT2D eigenvalue weighted by Gasteiger charge is -2.18. The normalized spacial score (nSPS) is 13.0. The smallest absolute Gasteiger partial charge is 0.306 e. The predicted molar refractivity (Wildman–Crippen MR) is 306 cm³/mol. The van der Waals surface area contributed by atoms with Crippen LogP contribution in [0.1, 0.15) is 252 Å². The first-order valence-corrected chi connectivity index (χ1v) is 29.0. The summed E-state index contributed by atoms with van der Waals surface area (Å²) in [6, 6.07) is 0. The zero-order chi connectivity index (χ0) is 51.4. The number of carbonyl (C=O) groups is 3. The first-order chi connectivity index (χ1) is 35.0. The molecule has 402 valence electrons. The first kappa shape index (κ1) is 66.8. The topological polar surface area (TPSA) is 78.9 Å². The maximum Gasteiger partial charge on any atom is 0.306 e. The molecule has 0 aliphatic carbocycles. The number of ether oxygens (including phenoxy) is 3. The Labute approximate surface area is 437 Å². The molecule has 0 amide bonds. The van der Waals surface area contributed by atoms with Crippen LogP contribution in [0.2, 0.25) is 0 Å². The quantitative estimate of drug-likeness (QED) is 0.0261. The van der Waals surface area contributed by atoms with Crippen molar-refractivity contribution in [3.63, 3.8) is 0 Å². The minimum Gasteiger partial charge on any atom is -0.462 e. The lowest BCUT2D eigenvalue weighted by atomic mass is 10.1. The van der Waals surface area contributed by atoms with Gasteiger partial charge in [-0.2, -0.15) is 0 Å². The van der Waals surface area contributed by atoms with E-state index in [-0.39, 0.29) is 31.1 Å². The average Bonchev–Trinajstić information content (AvgIpc) is 3.37.